The van der Waals surface area contributed by atoms with E-state index in [0.29, 0.717) is 6.04 Å². The summed E-state index contributed by atoms with van der Waals surface area (Å²) in [5.74, 6) is -0.871. The average molecular weight is 297 g/mol. The van der Waals surface area contributed by atoms with Crippen LogP contribution in [0.25, 0.3) is 0 Å². The molecule has 5 nitrogen and oxygen atoms in total. The molecule has 2 aliphatic heterocycles. The predicted molar refractivity (Wildman–Crippen MR) is 79.9 cm³/mol. The highest BCUT2D eigenvalue weighted by Gasteiger charge is 2.47. The van der Waals surface area contributed by atoms with E-state index in [9.17, 15) is 9.90 Å². The minimum absolute atomic E-state index is 0.269. The maximum Gasteiger partial charge on any atom is 0.341 e. The fourth-order valence-electron chi connectivity index (χ4n) is 3.31. The molecule has 3 atom stereocenters. The van der Waals surface area contributed by atoms with Crippen LogP contribution in [0.4, 0.5) is 0 Å². The number of ether oxygens (including phenoxy) is 2. The Hall–Kier alpha value is -0.910. The third-order valence-electron chi connectivity index (χ3n) is 4.93. The predicted octanol–water partition coefficient (Wildman–Crippen LogP) is 1.36. The molecule has 0 aromatic rings. The van der Waals surface area contributed by atoms with Crippen molar-refractivity contribution in [3.8, 4) is 0 Å². The van der Waals surface area contributed by atoms with Crippen LogP contribution in [-0.2, 0) is 14.3 Å². The smallest absolute Gasteiger partial charge is 0.341 e. The molecule has 0 aromatic heterocycles. The molecule has 0 amide bonds. The lowest BCUT2D eigenvalue weighted by atomic mass is 9.85. The summed E-state index contributed by atoms with van der Waals surface area (Å²) in [7, 11) is 1.49. The highest BCUT2D eigenvalue weighted by atomic mass is 16.6. The van der Waals surface area contributed by atoms with Crippen LogP contribution in [0.5, 0.6) is 0 Å². The van der Waals surface area contributed by atoms with Gasteiger partial charge in [-0.05, 0) is 37.8 Å². The van der Waals surface area contributed by atoms with E-state index in [1.807, 2.05) is 0 Å². The second-order valence-electron chi connectivity index (χ2n) is 6.37. The van der Waals surface area contributed by atoms with Crippen molar-refractivity contribution in [1.82, 2.24) is 4.90 Å². The van der Waals surface area contributed by atoms with Gasteiger partial charge in [-0.2, -0.15) is 0 Å². The van der Waals surface area contributed by atoms with Gasteiger partial charge in [-0.25, -0.2) is 4.79 Å². The van der Waals surface area contributed by atoms with Gasteiger partial charge in [-0.3, -0.25) is 4.90 Å². The Bertz CT molecular complexity index is 421. The van der Waals surface area contributed by atoms with Crippen LogP contribution in [0.15, 0.2) is 11.6 Å². The highest BCUT2D eigenvalue weighted by molar-refractivity contribution is 5.80. The Morgan fingerprint density at radius 2 is 2.24 bits per heavy atom. The lowest BCUT2D eigenvalue weighted by Gasteiger charge is -2.34. The summed E-state index contributed by atoms with van der Waals surface area (Å²) in [5, 5.41) is 10.7. The van der Waals surface area contributed by atoms with Gasteiger partial charge in [0.1, 0.15) is 6.61 Å². The van der Waals surface area contributed by atoms with Crippen molar-refractivity contribution in [3.63, 3.8) is 0 Å². The topological polar surface area (TPSA) is 59.0 Å². The number of fused-ring (bicyclic) bond motifs is 1. The molecule has 120 valence electrons. The maximum absolute atomic E-state index is 12.4. The number of rotatable bonds is 6. The third-order valence-corrected chi connectivity index (χ3v) is 4.93. The SMILES string of the molecule is CO[C@H](C)[C@](O)(C(=O)OCC1=CCN2CCC[C@@H]12)C(C)C. The first-order valence-electron chi connectivity index (χ1n) is 7.76. The molecule has 5 heteroatoms. The minimum atomic E-state index is -1.61. The standard InChI is InChI=1S/C16H27NO4/c1-11(2)16(19,12(3)20-4)15(18)21-10-13-7-9-17-8-5-6-14(13)17/h7,11-12,14,19H,5-6,8-10H2,1-4H3/t12-,14+,16+/m1/s1. The van der Waals surface area contributed by atoms with E-state index in [1.165, 1.54) is 13.5 Å². The quantitative estimate of drug-likeness (QED) is 0.592. The first kappa shape index (κ1) is 16.5. The van der Waals surface area contributed by atoms with Crippen molar-refractivity contribution in [2.24, 2.45) is 5.92 Å². The van der Waals surface area contributed by atoms with Gasteiger partial charge >= 0.3 is 5.97 Å². The zero-order valence-electron chi connectivity index (χ0n) is 13.5. The monoisotopic (exact) mass is 297 g/mol. The van der Waals surface area contributed by atoms with Gasteiger partial charge in [0, 0.05) is 19.7 Å². The second-order valence-corrected chi connectivity index (χ2v) is 6.37. The molecule has 21 heavy (non-hydrogen) atoms. The van der Waals surface area contributed by atoms with Crippen molar-refractivity contribution in [1.29, 1.82) is 0 Å². The van der Waals surface area contributed by atoms with Crippen LogP contribution in [-0.4, -0.2) is 60.5 Å². The average Bonchev–Trinajstić information content (AvgIpc) is 3.06. The fourth-order valence-corrected chi connectivity index (χ4v) is 3.31. The molecule has 1 saturated heterocycles. The summed E-state index contributed by atoms with van der Waals surface area (Å²) in [6.07, 6.45) is 3.87. The summed E-state index contributed by atoms with van der Waals surface area (Å²) >= 11 is 0. The lowest BCUT2D eigenvalue weighted by Crippen LogP contribution is -2.54. The van der Waals surface area contributed by atoms with Crippen molar-refractivity contribution >= 4 is 5.97 Å². The zero-order chi connectivity index (χ0) is 15.6. The van der Waals surface area contributed by atoms with Crippen molar-refractivity contribution < 1.29 is 19.4 Å². The van der Waals surface area contributed by atoms with E-state index in [4.69, 9.17) is 9.47 Å². The third kappa shape index (κ3) is 3.00. The van der Waals surface area contributed by atoms with E-state index in [1.54, 1.807) is 20.8 Å². The summed E-state index contributed by atoms with van der Waals surface area (Å²) in [4.78, 5) is 14.8. The number of methoxy groups -OCH3 is 1. The van der Waals surface area contributed by atoms with Gasteiger partial charge in [0.05, 0.1) is 6.10 Å². The molecule has 0 radical (unpaired) electrons. The molecule has 0 aromatic carbocycles. The van der Waals surface area contributed by atoms with E-state index in [-0.39, 0.29) is 12.5 Å². The molecule has 0 unspecified atom stereocenters. The Labute approximate surface area is 126 Å². The molecular formula is C16H27NO4. The van der Waals surface area contributed by atoms with Gasteiger partial charge in [-0.15, -0.1) is 0 Å². The fraction of sp³-hybridized carbons (Fsp3) is 0.812. The Balaban J connectivity index is 1.97. The molecule has 0 aliphatic carbocycles. The number of carbonyl (C=O) groups is 1. The minimum Gasteiger partial charge on any atom is -0.459 e. The zero-order valence-corrected chi connectivity index (χ0v) is 13.5. The molecule has 0 bridgehead atoms. The number of hydrogen-bond acceptors (Lipinski definition) is 5. The highest BCUT2D eigenvalue weighted by Crippen LogP contribution is 2.30. The normalized spacial score (nSPS) is 26.4. The molecule has 2 aliphatic rings. The van der Waals surface area contributed by atoms with Gasteiger partial charge in [0.15, 0.2) is 5.60 Å². The molecule has 1 N–H and O–H groups in total. The first-order valence-corrected chi connectivity index (χ1v) is 7.76. The van der Waals surface area contributed by atoms with Crippen LogP contribution in [0.2, 0.25) is 0 Å². The van der Waals surface area contributed by atoms with Crippen molar-refractivity contribution in [3.05, 3.63) is 11.6 Å². The van der Waals surface area contributed by atoms with Crippen LogP contribution in [0.3, 0.4) is 0 Å². The second kappa shape index (κ2) is 6.46. The van der Waals surface area contributed by atoms with Crippen LogP contribution in [0, 0.1) is 5.92 Å². The molecule has 0 saturated carbocycles. The Morgan fingerprint density at radius 3 is 2.86 bits per heavy atom. The summed E-state index contributed by atoms with van der Waals surface area (Å²) in [5.41, 5.74) is -0.444. The van der Waals surface area contributed by atoms with Crippen LogP contribution in [0.1, 0.15) is 33.6 Å². The largest absolute Gasteiger partial charge is 0.459 e. The number of hydrogen-bond donors (Lipinski definition) is 1. The van der Waals surface area contributed by atoms with Crippen LogP contribution < -0.4 is 0 Å². The van der Waals surface area contributed by atoms with Gasteiger partial charge in [-0.1, -0.05) is 19.9 Å². The Morgan fingerprint density at radius 1 is 1.52 bits per heavy atom. The van der Waals surface area contributed by atoms with Crippen LogP contribution >= 0.6 is 0 Å². The number of esters is 1. The van der Waals surface area contributed by atoms with E-state index >= 15 is 0 Å². The van der Waals surface area contributed by atoms with E-state index < -0.39 is 17.7 Å². The van der Waals surface area contributed by atoms with Gasteiger partial charge < -0.3 is 14.6 Å². The number of aliphatic hydroxyl groups is 1. The number of nitrogens with zero attached hydrogens (tertiary/aromatic N) is 1. The Kier molecular flexibility index (Phi) is 5.07. The van der Waals surface area contributed by atoms with E-state index in [0.717, 1.165) is 25.1 Å². The van der Waals surface area contributed by atoms with E-state index in [2.05, 4.69) is 11.0 Å². The molecule has 1 fully saturated rings. The van der Waals surface area contributed by atoms with Crippen molar-refractivity contribution in [2.75, 3.05) is 26.8 Å². The van der Waals surface area contributed by atoms with Crippen molar-refractivity contribution in [2.45, 2.75) is 51.4 Å². The molecule has 2 rings (SSSR count). The number of carbonyl (C=O) groups excluding carboxylic acids is 1. The molecular weight excluding hydrogens is 270 g/mol. The first-order chi connectivity index (χ1) is 9.91. The van der Waals surface area contributed by atoms with Gasteiger partial charge in [0.25, 0.3) is 0 Å². The van der Waals surface area contributed by atoms with Gasteiger partial charge in [0.2, 0.25) is 0 Å². The summed E-state index contributed by atoms with van der Waals surface area (Å²) < 4.78 is 10.6. The summed E-state index contributed by atoms with van der Waals surface area (Å²) in [6.45, 7) is 7.62. The summed E-state index contributed by atoms with van der Waals surface area (Å²) in [6, 6.07) is 0.421. The lowest BCUT2D eigenvalue weighted by molar-refractivity contribution is -0.186. The maximum atomic E-state index is 12.4. The molecule has 0 spiro atoms. The molecule has 2 heterocycles.